The standard InChI is InChI=1S/C33H38N2O5/c1-23(2)35-20-26(19-34-15-5-6-16-34)33(36)29-17-31(39-21-24-7-11-27(37-3)12-8-24)32(18-30(29)35)40-22-25-9-13-28(38-4)14-10-25/h7-14,17-18,20,23H,5-6,15-16,19,21-22H2,1-4H3. The van der Waals surface area contributed by atoms with E-state index in [0.29, 0.717) is 36.6 Å². The van der Waals surface area contributed by atoms with E-state index < -0.39 is 0 Å². The van der Waals surface area contributed by atoms with Crippen LogP contribution in [-0.4, -0.2) is 36.8 Å². The fourth-order valence-corrected chi connectivity index (χ4v) is 5.13. The van der Waals surface area contributed by atoms with Crippen LogP contribution in [0.15, 0.2) is 71.7 Å². The number of nitrogens with zero attached hydrogens (tertiary/aromatic N) is 2. The van der Waals surface area contributed by atoms with E-state index >= 15 is 0 Å². The van der Waals surface area contributed by atoms with E-state index in [1.165, 1.54) is 12.8 Å². The van der Waals surface area contributed by atoms with Crippen LogP contribution in [0.1, 0.15) is 49.4 Å². The van der Waals surface area contributed by atoms with Gasteiger partial charge in [-0.15, -0.1) is 0 Å². The summed E-state index contributed by atoms with van der Waals surface area (Å²) < 4.78 is 25.4. The Labute approximate surface area is 235 Å². The van der Waals surface area contributed by atoms with Crippen LogP contribution in [0.4, 0.5) is 0 Å². The second-order valence-electron chi connectivity index (χ2n) is 10.6. The highest BCUT2D eigenvalue weighted by Gasteiger charge is 2.19. The Morgan fingerprint density at radius 2 is 1.30 bits per heavy atom. The van der Waals surface area contributed by atoms with Crippen LogP contribution in [0.5, 0.6) is 23.0 Å². The van der Waals surface area contributed by atoms with Gasteiger partial charge in [-0.3, -0.25) is 9.69 Å². The van der Waals surface area contributed by atoms with Crippen LogP contribution >= 0.6 is 0 Å². The third-order valence-corrected chi connectivity index (χ3v) is 7.43. The second kappa shape index (κ2) is 12.5. The van der Waals surface area contributed by atoms with E-state index in [9.17, 15) is 4.79 Å². The molecule has 0 N–H and O–H groups in total. The topological polar surface area (TPSA) is 62.2 Å². The number of benzene rings is 3. The van der Waals surface area contributed by atoms with Gasteiger partial charge in [-0.1, -0.05) is 24.3 Å². The van der Waals surface area contributed by atoms with Crippen molar-refractivity contribution in [2.45, 2.75) is 52.5 Å². The SMILES string of the molecule is COc1ccc(COc2cc3c(=O)c(CN4CCCC4)cn(C(C)C)c3cc2OCc2ccc(OC)cc2)cc1. The minimum absolute atomic E-state index is 0.0507. The molecule has 5 rings (SSSR count). The van der Waals surface area contributed by atoms with E-state index in [2.05, 4.69) is 23.3 Å². The van der Waals surface area contributed by atoms with Gasteiger partial charge in [-0.25, -0.2) is 0 Å². The predicted molar refractivity (Wildman–Crippen MR) is 158 cm³/mol. The third-order valence-electron chi connectivity index (χ3n) is 7.43. The molecule has 1 aliphatic rings. The Bertz CT molecular complexity index is 1490. The van der Waals surface area contributed by atoms with Gasteiger partial charge in [0.25, 0.3) is 0 Å². The molecule has 7 nitrogen and oxygen atoms in total. The molecule has 0 spiro atoms. The highest BCUT2D eigenvalue weighted by molar-refractivity contribution is 5.84. The molecule has 1 fully saturated rings. The van der Waals surface area contributed by atoms with Gasteiger partial charge in [0.1, 0.15) is 24.7 Å². The molecule has 0 radical (unpaired) electrons. The quantitative estimate of drug-likeness (QED) is 0.220. The van der Waals surface area contributed by atoms with Gasteiger partial charge in [0.05, 0.1) is 19.7 Å². The summed E-state index contributed by atoms with van der Waals surface area (Å²) in [5.41, 5.74) is 3.70. The van der Waals surface area contributed by atoms with Crippen molar-refractivity contribution >= 4 is 10.9 Å². The van der Waals surface area contributed by atoms with Crippen LogP contribution in [0, 0.1) is 0 Å². The molecule has 0 aliphatic carbocycles. The summed E-state index contributed by atoms with van der Waals surface area (Å²) in [5, 5.41) is 0.645. The molecule has 0 saturated carbocycles. The molecule has 0 atom stereocenters. The summed E-state index contributed by atoms with van der Waals surface area (Å²) in [7, 11) is 3.30. The molecule has 40 heavy (non-hydrogen) atoms. The molecule has 3 aromatic carbocycles. The number of pyridine rings is 1. The molecule has 0 amide bonds. The van der Waals surface area contributed by atoms with E-state index in [1.54, 1.807) is 14.2 Å². The first-order valence-corrected chi connectivity index (χ1v) is 13.9. The van der Waals surface area contributed by atoms with Crippen LogP contribution in [-0.2, 0) is 19.8 Å². The van der Waals surface area contributed by atoms with E-state index in [4.69, 9.17) is 18.9 Å². The molecule has 7 heteroatoms. The lowest BCUT2D eigenvalue weighted by atomic mass is 10.1. The fraction of sp³-hybridized carbons (Fsp3) is 0.364. The Kier molecular flexibility index (Phi) is 8.60. The van der Waals surface area contributed by atoms with Crippen molar-refractivity contribution in [1.29, 1.82) is 0 Å². The van der Waals surface area contributed by atoms with Crippen LogP contribution in [0.25, 0.3) is 10.9 Å². The Balaban J connectivity index is 1.52. The maximum atomic E-state index is 13.8. The maximum Gasteiger partial charge on any atom is 0.194 e. The van der Waals surface area contributed by atoms with Crippen molar-refractivity contribution in [3.63, 3.8) is 0 Å². The molecule has 1 aliphatic heterocycles. The van der Waals surface area contributed by atoms with Crippen molar-refractivity contribution in [3.05, 3.63) is 93.8 Å². The predicted octanol–water partition coefficient (Wildman–Crippen LogP) is 6.35. The van der Waals surface area contributed by atoms with E-state index in [-0.39, 0.29) is 11.5 Å². The van der Waals surface area contributed by atoms with E-state index in [0.717, 1.165) is 46.8 Å². The molecule has 0 unspecified atom stereocenters. The first-order valence-electron chi connectivity index (χ1n) is 13.9. The lowest BCUT2D eigenvalue weighted by molar-refractivity contribution is 0.256. The largest absolute Gasteiger partial charge is 0.497 e. The zero-order chi connectivity index (χ0) is 28.1. The Hall–Kier alpha value is -3.97. The van der Waals surface area contributed by atoms with Gasteiger partial charge >= 0.3 is 0 Å². The molecule has 4 aromatic rings. The first kappa shape index (κ1) is 27.6. The Morgan fingerprint density at radius 1 is 0.775 bits per heavy atom. The van der Waals surface area contributed by atoms with Crippen molar-refractivity contribution in [1.82, 2.24) is 9.47 Å². The summed E-state index contributed by atoms with van der Waals surface area (Å²) in [6.45, 7) is 7.69. The minimum Gasteiger partial charge on any atom is -0.497 e. The summed E-state index contributed by atoms with van der Waals surface area (Å²) in [4.78, 5) is 16.1. The van der Waals surface area contributed by atoms with Crippen LogP contribution in [0.2, 0.25) is 0 Å². The first-order chi connectivity index (χ1) is 19.4. The van der Waals surface area contributed by atoms with Gasteiger partial charge in [0.2, 0.25) is 0 Å². The molecule has 0 bridgehead atoms. The van der Waals surface area contributed by atoms with Crippen molar-refractivity contribution in [2.24, 2.45) is 0 Å². The number of hydrogen-bond donors (Lipinski definition) is 0. The molecular formula is C33H38N2O5. The maximum absolute atomic E-state index is 13.8. The summed E-state index contributed by atoms with van der Waals surface area (Å²) in [6.07, 6.45) is 4.40. The molecule has 210 valence electrons. The zero-order valence-corrected chi connectivity index (χ0v) is 23.8. The Morgan fingerprint density at radius 3 is 1.80 bits per heavy atom. The summed E-state index contributed by atoms with van der Waals surface area (Å²) >= 11 is 0. The van der Waals surface area contributed by atoms with Gasteiger partial charge < -0.3 is 23.5 Å². The normalized spacial score (nSPS) is 13.6. The fourth-order valence-electron chi connectivity index (χ4n) is 5.13. The van der Waals surface area contributed by atoms with Crippen molar-refractivity contribution in [2.75, 3.05) is 27.3 Å². The monoisotopic (exact) mass is 542 g/mol. The van der Waals surface area contributed by atoms with Gasteiger partial charge in [-0.2, -0.15) is 0 Å². The van der Waals surface area contributed by atoms with Crippen molar-refractivity contribution in [3.8, 4) is 23.0 Å². The molecular weight excluding hydrogens is 504 g/mol. The number of fused-ring (bicyclic) bond motifs is 1. The second-order valence-corrected chi connectivity index (χ2v) is 10.6. The zero-order valence-electron chi connectivity index (χ0n) is 23.8. The third kappa shape index (κ3) is 6.26. The minimum atomic E-state index is 0.0507. The van der Waals surface area contributed by atoms with Gasteiger partial charge in [0, 0.05) is 35.8 Å². The highest BCUT2D eigenvalue weighted by atomic mass is 16.5. The molecule has 1 aromatic heterocycles. The van der Waals surface area contributed by atoms with Gasteiger partial charge in [0.15, 0.2) is 16.9 Å². The van der Waals surface area contributed by atoms with E-state index in [1.807, 2.05) is 66.9 Å². The average Bonchev–Trinajstić information content (AvgIpc) is 3.50. The van der Waals surface area contributed by atoms with Gasteiger partial charge in [-0.05, 0) is 81.2 Å². The van der Waals surface area contributed by atoms with Crippen LogP contribution in [0.3, 0.4) is 0 Å². The highest BCUT2D eigenvalue weighted by Crippen LogP contribution is 2.34. The summed E-state index contributed by atoms with van der Waals surface area (Å²) in [5.74, 6) is 2.72. The number of hydrogen-bond acceptors (Lipinski definition) is 6. The lowest BCUT2D eigenvalue weighted by Gasteiger charge is -2.21. The number of methoxy groups -OCH3 is 2. The number of aromatic nitrogens is 1. The lowest BCUT2D eigenvalue weighted by Crippen LogP contribution is -2.25. The number of ether oxygens (including phenoxy) is 4. The smallest absolute Gasteiger partial charge is 0.194 e. The van der Waals surface area contributed by atoms with Crippen LogP contribution < -0.4 is 24.4 Å². The summed E-state index contributed by atoms with van der Waals surface area (Å²) in [6, 6.07) is 19.5. The number of likely N-dealkylation sites (tertiary alicyclic amines) is 1. The molecule has 2 heterocycles. The molecule has 1 saturated heterocycles. The van der Waals surface area contributed by atoms with Crippen molar-refractivity contribution < 1.29 is 18.9 Å². The average molecular weight is 543 g/mol. The number of rotatable bonds is 11.